The maximum atomic E-state index is 4.27. The Morgan fingerprint density at radius 1 is 1.22 bits per heavy atom. The standard InChI is InChI=1S/C7H12S2/c8-9-7-4-5-1-2-6(7)3-5/h5-8H,1-4H2. The van der Waals surface area contributed by atoms with Gasteiger partial charge < -0.3 is 0 Å². The van der Waals surface area contributed by atoms with Gasteiger partial charge in [0.25, 0.3) is 0 Å². The van der Waals surface area contributed by atoms with Gasteiger partial charge in [-0.3, -0.25) is 0 Å². The summed E-state index contributed by atoms with van der Waals surface area (Å²) in [4.78, 5) is 0. The maximum Gasteiger partial charge on any atom is 0.0180 e. The summed E-state index contributed by atoms with van der Waals surface area (Å²) in [6.45, 7) is 0. The van der Waals surface area contributed by atoms with Gasteiger partial charge >= 0.3 is 0 Å². The van der Waals surface area contributed by atoms with Crippen LogP contribution in [0.15, 0.2) is 0 Å². The summed E-state index contributed by atoms with van der Waals surface area (Å²) >= 11 is 4.27. The molecule has 0 spiro atoms. The molecule has 0 heterocycles. The fraction of sp³-hybridized carbons (Fsp3) is 1.00. The Morgan fingerprint density at radius 3 is 2.44 bits per heavy atom. The molecule has 0 nitrogen and oxygen atoms in total. The van der Waals surface area contributed by atoms with Gasteiger partial charge in [-0.25, -0.2) is 0 Å². The molecule has 2 saturated carbocycles. The van der Waals surface area contributed by atoms with Gasteiger partial charge in [0.1, 0.15) is 0 Å². The molecule has 52 valence electrons. The third-order valence-electron chi connectivity index (χ3n) is 2.81. The second-order valence-corrected chi connectivity index (χ2v) is 4.77. The fourth-order valence-corrected chi connectivity index (χ4v) is 3.87. The van der Waals surface area contributed by atoms with E-state index in [1.165, 1.54) is 25.7 Å². The van der Waals surface area contributed by atoms with Crippen molar-refractivity contribution in [3.05, 3.63) is 0 Å². The van der Waals surface area contributed by atoms with E-state index in [0.29, 0.717) is 0 Å². The van der Waals surface area contributed by atoms with Crippen molar-refractivity contribution in [2.75, 3.05) is 0 Å². The highest BCUT2D eigenvalue weighted by Gasteiger charge is 2.39. The molecule has 2 aliphatic rings. The third-order valence-corrected chi connectivity index (χ3v) is 4.47. The second-order valence-electron chi connectivity index (χ2n) is 3.32. The van der Waals surface area contributed by atoms with E-state index in [-0.39, 0.29) is 0 Å². The Hall–Kier alpha value is 0.700. The minimum atomic E-state index is 0.909. The molecule has 2 heteroatoms. The van der Waals surface area contributed by atoms with Crippen LogP contribution >= 0.6 is 22.5 Å². The van der Waals surface area contributed by atoms with Crippen LogP contribution in [0, 0.1) is 11.8 Å². The van der Waals surface area contributed by atoms with Crippen molar-refractivity contribution in [3.63, 3.8) is 0 Å². The van der Waals surface area contributed by atoms with Crippen LogP contribution in [0.1, 0.15) is 25.7 Å². The van der Waals surface area contributed by atoms with Gasteiger partial charge in [-0.05, 0) is 31.1 Å². The Balaban J connectivity index is 2.01. The Labute approximate surface area is 65.6 Å². The van der Waals surface area contributed by atoms with Crippen molar-refractivity contribution in [1.82, 2.24) is 0 Å². The molecule has 0 aromatic carbocycles. The normalized spacial score (nSPS) is 48.3. The fourth-order valence-electron chi connectivity index (χ4n) is 2.32. The number of hydrogen-bond donors (Lipinski definition) is 1. The van der Waals surface area contributed by atoms with Crippen molar-refractivity contribution in [1.29, 1.82) is 0 Å². The van der Waals surface area contributed by atoms with Crippen molar-refractivity contribution in [2.24, 2.45) is 11.8 Å². The predicted octanol–water partition coefficient (Wildman–Crippen LogP) is 2.75. The van der Waals surface area contributed by atoms with Gasteiger partial charge in [0.2, 0.25) is 0 Å². The Morgan fingerprint density at radius 2 is 2.11 bits per heavy atom. The maximum absolute atomic E-state index is 4.27. The second kappa shape index (κ2) is 2.39. The van der Waals surface area contributed by atoms with E-state index in [9.17, 15) is 0 Å². The van der Waals surface area contributed by atoms with Gasteiger partial charge in [0, 0.05) is 5.25 Å². The summed E-state index contributed by atoms with van der Waals surface area (Å²) < 4.78 is 0. The summed E-state index contributed by atoms with van der Waals surface area (Å²) in [5, 5.41) is 0.909. The van der Waals surface area contributed by atoms with E-state index in [0.717, 1.165) is 17.1 Å². The van der Waals surface area contributed by atoms with Crippen LogP contribution in [0.3, 0.4) is 0 Å². The minimum Gasteiger partial charge on any atom is -0.111 e. The van der Waals surface area contributed by atoms with Crippen LogP contribution in [-0.2, 0) is 0 Å². The third kappa shape index (κ3) is 1.01. The monoisotopic (exact) mass is 160 g/mol. The SMILES string of the molecule is SSC1CC2CCC1C2. The van der Waals surface area contributed by atoms with Crippen LogP contribution in [0.25, 0.3) is 0 Å². The van der Waals surface area contributed by atoms with Crippen molar-refractivity contribution in [2.45, 2.75) is 30.9 Å². The molecule has 0 amide bonds. The van der Waals surface area contributed by atoms with Gasteiger partial charge in [0.15, 0.2) is 0 Å². The molecule has 2 rings (SSSR count). The minimum absolute atomic E-state index is 0.909. The molecule has 3 unspecified atom stereocenters. The molecule has 0 radical (unpaired) electrons. The molecule has 0 N–H and O–H groups in total. The molecular formula is C7H12S2. The molecule has 3 atom stereocenters. The number of thiol groups is 1. The first kappa shape index (κ1) is 6.41. The molecule has 9 heavy (non-hydrogen) atoms. The van der Waals surface area contributed by atoms with E-state index >= 15 is 0 Å². The predicted molar refractivity (Wildman–Crippen MR) is 45.8 cm³/mol. The number of rotatable bonds is 1. The Kier molecular flexibility index (Phi) is 1.70. The van der Waals surface area contributed by atoms with E-state index in [1.807, 2.05) is 0 Å². The lowest BCUT2D eigenvalue weighted by Gasteiger charge is -2.17. The van der Waals surface area contributed by atoms with Gasteiger partial charge in [0.05, 0.1) is 0 Å². The van der Waals surface area contributed by atoms with E-state index < -0.39 is 0 Å². The highest BCUT2D eigenvalue weighted by atomic mass is 33.1. The summed E-state index contributed by atoms with van der Waals surface area (Å²) in [7, 11) is 1.79. The summed E-state index contributed by atoms with van der Waals surface area (Å²) in [5.41, 5.74) is 0. The zero-order valence-electron chi connectivity index (χ0n) is 5.42. The smallest absolute Gasteiger partial charge is 0.0180 e. The largest absolute Gasteiger partial charge is 0.111 e. The zero-order valence-corrected chi connectivity index (χ0v) is 7.13. The van der Waals surface area contributed by atoms with Gasteiger partial charge in [-0.2, -0.15) is 0 Å². The van der Waals surface area contributed by atoms with Crippen molar-refractivity contribution < 1.29 is 0 Å². The van der Waals surface area contributed by atoms with Crippen LogP contribution in [0.2, 0.25) is 0 Å². The highest BCUT2D eigenvalue weighted by molar-refractivity contribution is 8.68. The van der Waals surface area contributed by atoms with Crippen LogP contribution in [0.4, 0.5) is 0 Å². The molecule has 0 aromatic heterocycles. The Bertz CT molecular complexity index is 113. The molecule has 2 aliphatic carbocycles. The molecule has 0 aliphatic heterocycles. The van der Waals surface area contributed by atoms with Crippen molar-refractivity contribution >= 4 is 22.5 Å². The molecule has 2 bridgehead atoms. The topological polar surface area (TPSA) is 0 Å². The molecule has 0 saturated heterocycles. The lowest BCUT2D eigenvalue weighted by atomic mass is 10.0. The summed E-state index contributed by atoms with van der Waals surface area (Å²) in [6, 6.07) is 0. The van der Waals surface area contributed by atoms with Crippen LogP contribution in [0.5, 0.6) is 0 Å². The van der Waals surface area contributed by atoms with Crippen molar-refractivity contribution in [3.8, 4) is 0 Å². The molecule has 2 fully saturated rings. The van der Waals surface area contributed by atoms with Crippen LogP contribution < -0.4 is 0 Å². The molecule has 0 aromatic rings. The average Bonchev–Trinajstić information content (AvgIpc) is 2.45. The lowest BCUT2D eigenvalue weighted by molar-refractivity contribution is 0.493. The number of fused-ring (bicyclic) bond motifs is 2. The van der Waals surface area contributed by atoms with E-state index in [4.69, 9.17) is 0 Å². The first-order valence-corrected chi connectivity index (χ1v) is 5.63. The average molecular weight is 160 g/mol. The first-order valence-electron chi connectivity index (χ1n) is 3.70. The van der Waals surface area contributed by atoms with Gasteiger partial charge in [-0.1, -0.05) is 17.2 Å². The van der Waals surface area contributed by atoms with E-state index in [1.54, 1.807) is 10.8 Å². The first-order chi connectivity index (χ1) is 4.40. The quantitative estimate of drug-likeness (QED) is 0.454. The summed E-state index contributed by atoms with van der Waals surface area (Å²) in [5.74, 6) is 2.12. The lowest BCUT2D eigenvalue weighted by Crippen LogP contribution is -2.10. The van der Waals surface area contributed by atoms with E-state index in [2.05, 4.69) is 11.7 Å². The summed E-state index contributed by atoms with van der Waals surface area (Å²) in [6.07, 6.45) is 5.97. The highest BCUT2D eigenvalue weighted by Crippen LogP contribution is 2.49. The molecular weight excluding hydrogens is 148 g/mol. The zero-order chi connectivity index (χ0) is 6.27. The number of hydrogen-bond acceptors (Lipinski definition) is 2. The van der Waals surface area contributed by atoms with Crippen LogP contribution in [-0.4, -0.2) is 5.25 Å². The van der Waals surface area contributed by atoms with Gasteiger partial charge in [-0.15, -0.1) is 11.7 Å².